The Labute approximate surface area is 151 Å². The van der Waals surface area contributed by atoms with Gasteiger partial charge in [-0.25, -0.2) is 0 Å². The normalized spacial score (nSPS) is 16.3. The van der Waals surface area contributed by atoms with E-state index in [-0.39, 0.29) is 36.7 Å². The van der Waals surface area contributed by atoms with Gasteiger partial charge in [0, 0.05) is 18.0 Å². The summed E-state index contributed by atoms with van der Waals surface area (Å²) in [4.78, 5) is 37.9. The number of carbonyl (C=O) groups excluding carboxylic acids is 3. The molecule has 3 rings (SSSR count). The number of ketones is 1. The van der Waals surface area contributed by atoms with Crippen molar-refractivity contribution in [2.75, 3.05) is 16.8 Å². The summed E-state index contributed by atoms with van der Waals surface area (Å²) in [6.07, 6.45) is 0.209. The van der Waals surface area contributed by atoms with Gasteiger partial charge in [-0.3, -0.25) is 14.4 Å². The van der Waals surface area contributed by atoms with Crippen LogP contribution in [0.3, 0.4) is 0 Å². The molecule has 2 amide bonds. The highest BCUT2D eigenvalue weighted by atomic mass is 16.5. The zero-order valence-corrected chi connectivity index (χ0v) is 14.7. The maximum Gasteiger partial charge on any atom is 0.265 e. The van der Waals surface area contributed by atoms with Crippen molar-refractivity contribution >= 4 is 29.0 Å². The second-order valence-electron chi connectivity index (χ2n) is 6.25. The largest absolute Gasteiger partial charge is 0.484 e. The molecule has 0 bridgehead atoms. The first-order chi connectivity index (χ1) is 12.5. The molecule has 6 heteroatoms. The van der Waals surface area contributed by atoms with E-state index in [4.69, 9.17) is 4.74 Å². The van der Waals surface area contributed by atoms with E-state index in [2.05, 4.69) is 5.32 Å². The van der Waals surface area contributed by atoms with E-state index in [9.17, 15) is 14.4 Å². The van der Waals surface area contributed by atoms with Crippen molar-refractivity contribution < 1.29 is 19.1 Å². The van der Waals surface area contributed by atoms with Gasteiger partial charge in [-0.2, -0.15) is 0 Å². The number of benzene rings is 2. The van der Waals surface area contributed by atoms with E-state index in [0.29, 0.717) is 22.7 Å². The van der Waals surface area contributed by atoms with Crippen LogP contribution in [0.2, 0.25) is 0 Å². The molecule has 0 fully saturated rings. The van der Waals surface area contributed by atoms with E-state index in [1.54, 1.807) is 41.3 Å². The Morgan fingerprint density at radius 2 is 1.96 bits per heavy atom. The molecule has 0 aliphatic carbocycles. The summed E-state index contributed by atoms with van der Waals surface area (Å²) in [5.41, 5.74) is 1.78. The third-order valence-corrected chi connectivity index (χ3v) is 4.23. The number of rotatable bonds is 4. The van der Waals surface area contributed by atoms with Crippen molar-refractivity contribution in [3.63, 3.8) is 0 Å². The molecule has 1 aliphatic rings. The highest BCUT2D eigenvalue weighted by Crippen LogP contribution is 2.31. The van der Waals surface area contributed by atoms with Gasteiger partial charge < -0.3 is 15.0 Å². The quantitative estimate of drug-likeness (QED) is 0.858. The summed E-state index contributed by atoms with van der Waals surface area (Å²) in [6.45, 7) is 3.12. The molecule has 0 spiro atoms. The van der Waals surface area contributed by atoms with Gasteiger partial charge in [0.2, 0.25) is 5.91 Å². The molecule has 0 saturated carbocycles. The zero-order valence-electron chi connectivity index (χ0n) is 14.7. The average Bonchev–Trinajstić information content (AvgIpc) is 2.74. The van der Waals surface area contributed by atoms with Gasteiger partial charge in [-0.15, -0.1) is 0 Å². The number of amides is 2. The molecule has 26 heavy (non-hydrogen) atoms. The van der Waals surface area contributed by atoms with Crippen LogP contribution in [0.25, 0.3) is 0 Å². The summed E-state index contributed by atoms with van der Waals surface area (Å²) in [6, 6.07) is 13.6. The van der Waals surface area contributed by atoms with Crippen LogP contribution in [0.4, 0.5) is 11.4 Å². The van der Waals surface area contributed by atoms with E-state index >= 15 is 0 Å². The van der Waals surface area contributed by atoms with Crippen LogP contribution in [-0.4, -0.2) is 30.2 Å². The average molecular weight is 352 g/mol. The molecule has 0 saturated heterocycles. The first-order valence-electron chi connectivity index (χ1n) is 8.40. The smallest absolute Gasteiger partial charge is 0.265 e. The number of fused-ring (bicyclic) bond motifs is 1. The minimum absolute atomic E-state index is 0.0681. The topological polar surface area (TPSA) is 75.7 Å². The van der Waals surface area contributed by atoms with Crippen LogP contribution in [0.1, 0.15) is 30.6 Å². The molecule has 6 nitrogen and oxygen atoms in total. The number of nitrogens with one attached hydrogen (secondary N) is 1. The van der Waals surface area contributed by atoms with Crippen LogP contribution in [0.5, 0.6) is 5.75 Å². The fourth-order valence-electron chi connectivity index (χ4n) is 2.99. The lowest BCUT2D eigenvalue weighted by atomic mass is 10.1. The lowest BCUT2D eigenvalue weighted by Crippen LogP contribution is -2.41. The second-order valence-corrected chi connectivity index (χ2v) is 6.25. The van der Waals surface area contributed by atoms with Crippen molar-refractivity contribution in [3.8, 4) is 5.75 Å². The SMILES string of the molecule is CC(=O)c1cccc(OCC(=O)N2c3ccccc3NC(=O)C[C@@H]2C)c1. The molecule has 0 aromatic heterocycles. The van der Waals surface area contributed by atoms with Gasteiger partial charge in [0.1, 0.15) is 5.75 Å². The van der Waals surface area contributed by atoms with Gasteiger partial charge in [-0.1, -0.05) is 24.3 Å². The lowest BCUT2D eigenvalue weighted by molar-refractivity contribution is -0.121. The molecule has 134 valence electrons. The number of ether oxygens (including phenoxy) is 1. The molecule has 2 aromatic carbocycles. The monoisotopic (exact) mass is 352 g/mol. The van der Waals surface area contributed by atoms with Crippen molar-refractivity contribution in [3.05, 3.63) is 54.1 Å². The van der Waals surface area contributed by atoms with Crippen LogP contribution in [0.15, 0.2) is 48.5 Å². The summed E-state index contributed by atoms with van der Waals surface area (Å²) < 4.78 is 5.59. The van der Waals surface area contributed by atoms with Crippen LogP contribution in [0, 0.1) is 0 Å². The fraction of sp³-hybridized carbons (Fsp3) is 0.250. The molecule has 0 unspecified atom stereocenters. The standard InChI is InChI=1S/C20H20N2O4/c1-13-10-19(24)21-17-8-3-4-9-18(17)22(13)20(25)12-26-16-7-5-6-15(11-16)14(2)23/h3-9,11,13H,10,12H2,1-2H3,(H,21,24)/t13-/m0/s1. The molecular formula is C20H20N2O4. The second kappa shape index (κ2) is 7.39. The Bertz CT molecular complexity index is 862. The summed E-state index contributed by atoms with van der Waals surface area (Å²) >= 11 is 0. The highest BCUT2D eigenvalue weighted by molar-refractivity contribution is 6.04. The van der Waals surface area contributed by atoms with E-state index < -0.39 is 0 Å². The van der Waals surface area contributed by atoms with Crippen molar-refractivity contribution in [1.82, 2.24) is 0 Å². The Kier molecular flexibility index (Phi) is 5.02. The number of hydrogen-bond donors (Lipinski definition) is 1. The minimum atomic E-state index is -0.293. The number of hydrogen-bond acceptors (Lipinski definition) is 4. The van der Waals surface area contributed by atoms with Crippen LogP contribution in [-0.2, 0) is 9.59 Å². The summed E-state index contributed by atoms with van der Waals surface area (Å²) in [7, 11) is 0. The molecular weight excluding hydrogens is 332 g/mol. The number of Topliss-reactive ketones (excluding diaryl/α,β-unsaturated/α-hetero) is 1. The van der Waals surface area contributed by atoms with Gasteiger partial charge in [0.15, 0.2) is 12.4 Å². The third-order valence-electron chi connectivity index (χ3n) is 4.23. The molecule has 1 aliphatic heterocycles. The number of anilines is 2. The third kappa shape index (κ3) is 3.74. The highest BCUT2D eigenvalue weighted by Gasteiger charge is 2.29. The van der Waals surface area contributed by atoms with Crippen LogP contribution < -0.4 is 15.0 Å². The van der Waals surface area contributed by atoms with E-state index in [1.807, 2.05) is 19.1 Å². The lowest BCUT2D eigenvalue weighted by Gasteiger charge is -2.27. The molecule has 1 N–H and O–H groups in total. The maximum atomic E-state index is 12.8. The van der Waals surface area contributed by atoms with Gasteiger partial charge >= 0.3 is 0 Å². The van der Waals surface area contributed by atoms with Crippen molar-refractivity contribution in [2.45, 2.75) is 26.3 Å². The van der Waals surface area contributed by atoms with Gasteiger partial charge in [0.25, 0.3) is 5.91 Å². The number of nitrogens with zero attached hydrogens (tertiary/aromatic N) is 1. The molecule has 1 atom stereocenters. The Hall–Kier alpha value is -3.15. The van der Waals surface area contributed by atoms with E-state index in [0.717, 1.165) is 0 Å². The minimum Gasteiger partial charge on any atom is -0.484 e. The maximum absolute atomic E-state index is 12.8. The molecule has 0 radical (unpaired) electrons. The molecule has 1 heterocycles. The predicted molar refractivity (Wildman–Crippen MR) is 98.6 cm³/mol. The first-order valence-corrected chi connectivity index (χ1v) is 8.40. The van der Waals surface area contributed by atoms with Crippen molar-refractivity contribution in [2.24, 2.45) is 0 Å². The zero-order chi connectivity index (χ0) is 18.7. The molecule has 2 aromatic rings. The van der Waals surface area contributed by atoms with Crippen molar-refractivity contribution in [1.29, 1.82) is 0 Å². The number of carbonyl (C=O) groups is 3. The first kappa shape index (κ1) is 17.7. The summed E-state index contributed by atoms with van der Waals surface area (Å²) in [5, 5.41) is 2.82. The Morgan fingerprint density at radius 3 is 2.73 bits per heavy atom. The fourth-order valence-corrected chi connectivity index (χ4v) is 2.99. The Balaban J connectivity index is 1.79. The Morgan fingerprint density at radius 1 is 1.19 bits per heavy atom. The van der Waals surface area contributed by atoms with Gasteiger partial charge in [-0.05, 0) is 38.1 Å². The van der Waals surface area contributed by atoms with E-state index in [1.165, 1.54) is 6.92 Å². The van der Waals surface area contributed by atoms with Crippen LogP contribution >= 0.6 is 0 Å². The predicted octanol–water partition coefficient (Wildman–Crippen LogP) is 3.03. The van der Waals surface area contributed by atoms with Gasteiger partial charge in [0.05, 0.1) is 11.4 Å². The summed E-state index contributed by atoms with van der Waals surface area (Å²) in [5.74, 6) is 0.00227. The number of para-hydroxylation sites is 2.